The first-order valence-corrected chi connectivity index (χ1v) is 8.16. The van der Waals surface area contributed by atoms with Gasteiger partial charge in [0, 0.05) is 44.0 Å². The van der Waals surface area contributed by atoms with E-state index in [2.05, 4.69) is 32.0 Å². The third-order valence-electron chi connectivity index (χ3n) is 4.82. The standard InChI is InChI=1S/C16H27N5/c1-12-8-15(17-3)19-16(18-12)11-21-10-14-6-4-5-7-20(14)9-13(21)2/h8,13-14H,4-7,9-11H2,1-3H3,(H,17,18,19). The van der Waals surface area contributed by atoms with Crippen molar-refractivity contribution in [3.8, 4) is 0 Å². The normalized spacial score (nSPS) is 27.4. The second-order valence-electron chi connectivity index (χ2n) is 6.48. The summed E-state index contributed by atoms with van der Waals surface area (Å²) >= 11 is 0. The van der Waals surface area contributed by atoms with E-state index in [9.17, 15) is 0 Å². The predicted octanol–water partition coefficient (Wildman–Crippen LogP) is 1.89. The topological polar surface area (TPSA) is 44.3 Å². The lowest BCUT2D eigenvalue weighted by molar-refractivity contribution is 0.00984. The highest BCUT2D eigenvalue weighted by atomic mass is 15.3. The molecule has 5 nitrogen and oxygen atoms in total. The third-order valence-corrected chi connectivity index (χ3v) is 4.82. The van der Waals surface area contributed by atoms with E-state index >= 15 is 0 Å². The molecule has 2 saturated heterocycles. The van der Waals surface area contributed by atoms with E-state index in [4.69, 9.17) is 0 Å². The third kappa shape index (κ3) is 3.35. The van der Waals surface area contributed by atoms with Crippen LogP contribution in [0.25, 0.3) is 0 Å². The number of anilines is 1. The molecule has 0 aromatic carbocycles. The van der Waals surface area contributed by atoms with Gasteiger partial charge in [0.2, 0.25) is 0 Å². The molecule has 21 heavy (non-hydrogen) atoms. The van der Waals surface area contributed by atoms with Gasteiger partial charge >= 0.3 is 0 Å². The Morgan fingerprint density at radius 3 is 2.95 bits per heavy atom. The van der Waals surface area contributed by atoms with E-state index in [-0.39, 0.29) is 0 Å². The Morgan fingerprint density at radius 1 is 1.29 bits per heavy atom. The summed E-state index contributed by atoms with van der Waals surface area (Å²) in [4.78, 5) is 14.5. The van der Waals surface area contributed by atoms with Crippen molar-refractivity contribution in [2.75, 3.05) is 32.0 Å². The first-order valence-electron chi connectivity index (χ1n) is 8.16. The molecule has 1 N–H and O–H groups in total. The van der Waals surface area contributed by atoms with Crippen LogP contribution in [0.3, 0.4) is 0 Å². The van der Waals surface area contributed by atoms with Gasteiger partial charge in [-0.3, -0.25) is 9.80 Å². The Hall–Kier alpha value is -1.20. The minimum Gasteiger partial charge on any atom is -0.373 e. The quantitative estimate of drug-likeness (QED) is 0.920. The van der Waals surface area contributed by atoms with Crippen LogP contribution in [0.2, 0.25) is 0 Å². The van der Waals surface area contributed by atoms with Crippen LogP contribution in [-0.4, -0.2) is 58.5 Å². The van der Waals surface area contributed by atoms with Gasteiger partial charge < -0.3 is 5.32 Å². The van der Waals surface area contributed by atoms with Crippen molar-refractivity contribution in [1.82, 2.24) is 19.8 Å². The van der Waals surface area contributed by atoms with Crippen LogP contribution in [0.1, 0.15) is 37.7 Å². The molecule has 3 heterocycles. The number of aromatic nitrogens is 2. The molecule has 0 saturated carbocycles. The number of nitrogens with one attached hydrogen (secondary N) is 1. The summed E-state index contributed by atoms with van der Waals surface area (Å²) < 4.78 is 0. The van der Waals surface area contributed by atoms with E-state index in [1.165, 1.54) is 32.4 Å². The van der Waals surface area contributed by atoms with Gasteiger partial charge in [-0.2, -0.15) is 0 Å². The summed E-state index contributed by atoms with van der Waals surface area (Å²) in [6.45, 7) is 8.87. The van der Waals surface area contributed by atoms with Gasteiger partial charge in [-0.05, 0) is 33.2 Å². The van der Waals surface area contributed by atoms with Crippen LogP contribution in [0, 0.1) is 6.92 Å². The van der Waals surface area contributed by atoms with Crippen molar-refractivity contribution < 1.29 is 0 Å². The summed E-state index contributed by atoms with van der Waals surface area (Å²) in [5, 5.41) is 3.12. The maximum absolute atomic E-state index is 4.61. The molecule has 116 valence electrons. The van der Waals surface area contributed by atoms with Crippen molar-refractivity contribution in [2.45, 2.75) is 51.7 Å². The van der Waals surface area contributed by atoms with Gasteiger partial charge in [0.05, 0.1) is 6.54 Å². The first kappa shape index (κ1) is 14.7. The monoisotopic (exact) mass is 289 g/mol. The molecule has 2 aliphatic heterocycles. The molecule has 0 bridgehead atoms. The Morgan fingerprint density at radius 2 is 2.14 bits per heavy atom. The van der Waals surface area contributed by atoms with Gasteiger partial charge in [-0.1, -0.05) is 6.42 Å². The Kier molecular flexibility index (Phi) is 4.40. The molecular formula is C16H27N5. The Labute approximate surface area is 127 Å². The van der Waals surface area contributed by atoms with Crippen LogP contribution in [0.5, 0.6) is 0 Å². The highest BCUT2D eigenvalue weighted by molar-refractivity contribution is 5.34. The highest BCUT2D eigenvalue weighted by Crippen LogP contribution is 2.24. The van der Waals surface area contributed by atoms with Crippen LogP contribution < -0.4 is 5.32 Å². The summed E-state index contributed by atoms with van der Waals surface area (Å²) in [5.74, 6) is 1.86. The minimum absolute atomic E-state index is 0.585. The lowest BCUT2D eigenvalue weighted by atomic mass is 9.97. The van der Waals surface area contributed by atoms with Crippen molar-refractivity contribution in [3.05, 3.63) is 17.6 Å². The summed E-state index contributed by atoms with van der Waals surface area (Å²) in [5.41, 5.74) is 1.04. The number of nitrogens with zero attached hydrogens (tertiary/aromatic N) is 4. The van der Waals surface area contributed by atoms with E-state index in [1.807, 2.05) is 20.0 Å². The molecule has 5 heteroatoms. The van der Waals surface area contributed by atoms with Crippen molar-refractivity contribution in [3.63, 3.8) is 0 Å². The molecule has 0 radical (unpaired) electrons. The van der Waals surface area contributed by atoms with Gasteiger partial charge in [-0.25, -0.2) is 9.97 Å². The van der Waals surface area contributed by atoms with Crippen LogP contribution in [-0.2, 0) is 6.54 Å². The van der Waals surface area contributed by atoms with Gasteiger partial charge in [0.15, 0.2) is 0 Å². The largest absolute Gasteiger partial charge is 0.373 e. The van der Waals surface area contributed by atoms with E-state index in [0.29, 0.717) is 6.04 Å². The molecule has 2 unspecified atom stereocenters. The molecule has 2 atom stereocenters. The average Bonchev–Trinajstić information content (AvgIpc) is 2.47. The van der Waals surface area contributed by atoms with E-state index in [0.717, 1.165) is 36.5 Å². The maximum atomic E-state index is 4.61. The van der Waals surface area contributed by atoms with Crippen LogP contribution in [0.15, 0.2) is 6.07 Å². The summed E-state index contributed by atoms with van der Waals surface area (Å²) in [7, 11) is 1.91. The molecule has 1 aromatic rings. The fraction of sp³-hybridized carbons (Fsp3) is 0.750. The average molecular weight is 289 g/mol. The first-order chi connectivity index (χ1) is 10.2. The van der Waals surface area contributed by atoms with E-state index in [1.54, 1.807) is 0 Å². The van der Waals surface area contributed by atoms with Crippen LogP contribution >= 0.6 is 0 Å². The molecule has 2 aliphatic rings. The summed E-state index contributed by atoms with van der Waals surface area (Å²) in [6, 6.07) is 3.32. The summed E-state index contributed by atoms with van der Waals surface area (Å²) in [6.07, 6.45) is 4.10. The van der Waals surface area contributed by atoms with E-state index < -0.39 is 0 Å². The zero-order valence-corrected chi connectivity index (χ0v) is 13.5. The Balaban J connectivity index is 1.70. The predicted molar refractivity (Wildman–Crippen MR) is 85.4 cm³/mol. The molecule has 0 spiro atoms. The number of aryl methyl sites for hydroxylation is 1. The zero-order chi connectivity index (χ0) is 14.8. The van der Waals surface area contributed by atoms with Gasteiger partial charge in [0.25, 0.3) is 0 Å². The molecule has 0 aliphatic carbocycles. The fourth-order valence-electron chi connectivity index (χ4n) is 3.64. The second kappa shape index (κ2) is 6.28. The maximum Gasteiger partial charge on any atom is 0.144 e. The smallest absolute Gasteiger partial charge is 0.144 e. The van der Waals surface area contributed by atoms with Gasteiger partial charge in [-0.15, -0.1) is 0 Å². The number of hydrogen-bond donors (Lipinski definition) is 1. The molecule has 2 fully saturated rings. The number of hydrogen-bond acceptors (Lipinski definition) is 5. The number of piperidine rings is 1. The highest BCUT2D eigenvalue weighted by Gasteiger charge is 2.33. The van der Waals surface area contributed by atoms with Crippen molar-refractivity contribution >= 4 is 5.82 Å². The van der Waals surface area contributed by atoms with Gasteiger partial charge in [0.1, 0.15) is 11.6 Å². The van der Waals surface area contributed by atoms with Crippen LogP contribution in [0.4, 0.5) is 5.82 Å². The molecule has 1 aromatic heterocycles. The molecule has 0 amide bonds. The number of piperazine rings is 1. The molecule has 3 rings (SSSR count). The fourth-order valence-corrected chi connectivity index (χ4v) is 3.64. The minimum atomic E-state index is 0.585. The second-order valence-corrected chi connectivity index (χ2v) is 6.48. The Bertz CT molecular complexity index is 490. The van der Waals surface area contributed by atoms with Crippen molar-refractivity contribution in [1.29, 1.82) is 0 Å². The SMILES string of the molecule is CNc1cc(C)nc(CN2CC3CCCCN3CC2C)n1. The zero-order valence-electron chi connectivity index (χ0n) is 13.5. The lowest BCUT2D eigenvalue weighted by Gasteiger charge is -2.47. The lowest BCUT2D eigenvalue weighted by Crippen LogP contribution is -2.58. The molecular weight excluding hydrogens is 262 g/mol. The number of fused-ring (bicyclic) bond motifs is 1. The number of rotatable bonds is 3. The van der Waals surface area contributed by atoms with Crippen molar-refractivity contribution in [2.24, 2.45) is 0 Å².